The van der Waals surface area contributed by atoms with Gasteiger partial charge in [-0.25, -0.2) is 13.8 Å². The van der Waals surface area contributed by atoms with Crippen molar-refractivity contribution in [3.05, 3.63) is 78.1 Å². The number of likely N-dealkylation sites (tertiary alicyclic amines) is 1. The number of rotatable bonds is 13. The third kappa shape index (κ3) is 6.87. The SMILES string of the molecule is C=CC(=O)NC(C)c1cc(-c2nc(-c3cncc(OCC4CN(C)C4)c3)c3ccsc3c2-c2c(F)cc(F)cc2OCCOC)n[nH]1. The van der Waals surface area contributed by atoms with Crippen LogP contribution in [0, 0.1) is 17.6 Å². The molecule has 10 nitrogen and oxygen atoms in total. The Bertz CT molecular complexity index is 1920. The summed E-state index contributed by atoms with van der Waals surface area (Å²) in [5.41, 5.74) is 3.01. The summed E-state index contributed by atoms with van der Waals surface area (Å²) in [6.45, 7) is 8.13. The van der Waals surface area contributed by atoms with Crippen LogP contribution in [-0.2, 0) is 9.53 Å². The quantitative estimate of drug-likeness (QED) is 0.116. The second kappa shape index (κ2) is 14.0. The molecule has 244 valence electrons. The number of amides is 1. The van der Waals surface area contributed by atoms with Crippen LogP contribution in [0.3, 0.4) is 0 Å². The highest BCUT2D eigenvalue weighted by Crippen LogP contribution is 2.47. The fourth-order valence-corrected chi connectivity index (χ4v) is 6.56. The highest BCUT2D eigenvalue weighted by Gasteiger charge is 2.28. The lowest BCUT2D eigenvalue weighted by Gasteiger charge is -2.35. The number of halogens is 2. The van der Waals surface area contributed by atoms with Crippen LogP contribution in [0.15, 0.2) is 60.8 Å². The van der Waals surface area contributed by atoms with Gasteiger partial charge in [0.15, 0.2) is 0 Å². The summed E-state index contributed by atoms with van der Waals surface area (Å²) in [5.74, 6) is -0.873. The van der Waals surface area contributed by atoms with E-state index >= 15 is 4.39 Å². The Morgan fingerprint density at radius 1 is 1.17 bits per heavy atom. The summed E-state index contributed by atoms with van der Waals surface area (Å²) in [6, 6.07) is 7.06. The van der Waals surface area contributed by atoms with Gasteiger partial charge >= 0.3 is 0 Å². The maximum Gasteiger partial charge on any atom is 0.243 e. The zero-order valence-electron chi connectivity index (χ0n) is 26.2. The van der Waals surface area contributed by atoms with Crippen LogP contribution in [0.5, 0.6) is 11.5 Å². The van der Waals surface area contributed by atoms with Gasteiger partial charge in [0.2, 0.25) is 5.91 Å². The third-order valence-corrected chi connectivity index (χ3v) is 8.82. The Labute approximate surface area is 274 Å². The number of nitrogens with zero attached hydrogens (tertiary/aromatic N) is 4. The first-order chi connectivity index (χ1) is 22.7. The Kier molecular flexibility index (Phi) is 9.57. The molecule has 13 heteroatoms. The van der Waals surface area contributed by atoms with Gasteiger partial charge in [0.05, 0.1) is 42.4 Å². The van der Waals surface area contributed by atoms with E-state index in [9.17, 15) is 9.18 Å². The lowest BCUT2D eigenvalue weighted by molar-refractivity contribution is -0.117. The van der Waals surface area contributed by atoms with E-state index in [0.717, 1.165) is 30.6 Å². The minimum atomic E-state index is -0.816. The molecule has 0 saturated carbocycles. The van der Waals surface area contributed by atoms with Crippen LogP contribution in [-0.4, -0.2) is 78.0 Å². The van der Waals surface area contributed by atoms with Gasteiger partial charge in [0.1, 0.15) is 41.1 Å². The van der Waals surface area contributed by atoms with Gasteiger partial charge < -0.3 is 24.4 Å². The number of aromatic amines is 1. The van der Waals surface area contributed by atoms with E-state index in [2.05, 4.69) is 39.0 Å². The molecule has 0 spiro atoms. The predicted octanol–water partition coefficient (Wildman–Crippen LogP) is 6.02. The molecule has 2 N–H and O–H groups in total. The van der Waals surface area contributed by atoms with Gasteiger partial charge in [-0.05, 0) is 43.6 Å². The molecule has 4 aromatic heterocycles. The lowest BCUT2D eigenvalue weighted by Crippen LogP contribution is -2.46. The minimum Gasteiger partial charge on any atom is -0.492 e. The summed E-state index contributed by atoms with van der Waals surface area (Å²) >= 11 is 1.39. The molecule has 5 heterocycles. The van der Waals surface area contributed by atoms with Crippen molar-refractivity contribution in [2.75, 3.05) is 47.1 Å². The Morgan fingerprint density at radius 3 is 2.77 bits per heavy atom. The first-order valence-corrected chi connectivity index (χ1v) is 15.9. The normalized spacial score (nSPS) is 14.1. The fourth-order valence-electron chi connectivity index (χ4n) is 5.61. The summed E-state index contributed by atoms with van der Waals surface area (Å²) in [5, 5.41) is 12.9. The van der Waals surface area contributed by atoms with Gasteiger partial charge in [-0.2, -0.15) is 5.10 Å². The van der Waals surface area contributed by atoms with Crippen LogP contribution in [0.25, 0.3) is 43.9 Å². The van der Waals surface area contributed by atoms with Gasteiger partial charge in [-0.1, -0.05) is 6.58 Å². The number of ether oxygens (including phenoxy) is 3. The van der Waals surface area contributed by atoms with Crippen molar-refractivity contribution < 1.29 is 27.8 Å². The smallest absolute Gasteiger partial charge is 0.243 e. The predicted molar refractivity (Wildman–Crippen MR) is 176 cm³/mol. The molecule has 1 atom stereocenters. The average molecular weight is 661 g/mol. The molecule has 1 saturated heterocycles. The van der Waals surface area contributed by atoms with E-state index in [1.807, 2.05) is 17.5 Å². The summed E-state index contributed by atoms with van der Waals surface area (Å²) < 4.78 is 48.3. The standard InChI is InChI=1S/C34H34F2N6O4S/c1-5-29(43)38-19(2)26-13-27(41-40-26)33-31(30-25(36)11-22(35)12-28(30)45-8-7-44-4)34-24(6-9-47-34)32(39-33)21-10-23(15-37-14-21)46-18-20-16-42(3)17-20/h5-6,9-15,19-20H,1,7-8,16-18H2,2-4H3,(H,38,43)(H,40,41). The van der Waals surface area contributed by atoms with Crippen molar-refractivity contribution in [3.8, 4) is 45.3 Å². The molecule has 1 aromatic carbocycles. The topological polar surface area (TPSA) is 114 Å². The van der Waals surface area contributed by atoms with Gasteiger partial charge in [-0.15, -0.1) is 11.3 Å². The van der Waals surface area contributed by atoms with E-state index < -0.39 is 17.7 Å². The molecule has 1 unspecified atom stereocenters. The van der Waals surface area contributed by atoms with Crippen LogP contribution in [0.2, 0.25) is 0 Å². The van der Waals surface area contributed by atoms with Crippen molar-refractivity contribution in [2.24, 2.45) is 5.92 Å². The molecule has 5 aromatic rings. The number of pyridine rings is 2. The van der Waals surface area contributed by atoms with Gasteiger partial charge in [0.25, 0.3) is 0 Å². The molecule has 47 heavy (non-hydrogen) atoms. The number of fused-ring (bicyclic) bond motifs is 1. The maximum absolute atomic E-state index is 15.9. The molecule has 0 radical (unpaired) electrons. The second-order valence-electron chi connectivity index (χ2n) is 11.4. The van der Waals surface area contributed by atoms with Crippen LogP contribution < -0.4 is 14.8 Å². The molecular weight excluding hydrogens is 626 g/mol. The number of carbonyl (C=O) groups is 1. The van der Waals surface area contributed by atoms with Crippen molar-refractivity contribution in [2.45, 2.75) is 13.0 Å². The van der Waals surface area contributed by atoms with E-state index in [-0.39, 0.29) is 30.4 Å². The number of H-pyrrole nitrogens is 1. The van der Waals surface area contributed by atoms with E-state index in [0.29, 0.717) is 56.9 Å². The van der Waals surface area contributed by atoms with Crippen molar-refractivity contribution in [1.82, 2.24) is 30.4 Å². The number of thiophene rings is 1. The van der Waals surface area contributed by atoms with Crippen LogP contribution >= 0.6 is 11.3 Å². The molecule has 6 rings (SSSR count). The van der Waals surface area contributed by atoms with E-state index in [4.69, 9.17) is 19.2 Å². The van der Waals surface area contributed by atoms with Gasteiger partial charge in [0, 0.05) is 65.7 Å². The fraction of sp³-hybridized carbons (Fsp3) is 0.294. The molecule has 1 aliphatic rings. The van der Waals surface area contributed by atoms with Crippen LogP contribution in [0.4, 0.5) is 8.78 Å². The summed E-state index contributed by atoms with van der Waals surface area (Å²) in [7, 11) is 3.59. The molecule has 1 amide bonds. The zero-order valence-corrected chi connectivity index (χ0v) is 27.0. The Morgan fingerprint density at radius 2 is 2.00 bits per heavy atom. The highest BCUT2D eigenvalue weighted by atomic mass is 32.1. The number of benzene rings is 1. The summed E-state index contributed by atoms with van der Waals surface area (Å²) in [6.07, 6.45) is 4.55. The monoisotopic (exact) mass is 660 g/mol. The lowest BCUT2D eigenvalue weighted by atomic mass is 9.96. The second-order valence-corrected chi connectivity index (χ2v) is 12.3. The van der Waals surface area contributed by atoms with Crippen molar-refractivity contribution in [1.29, 1.82) is 0 Å². The zero-order chi connectivity index (χ0) is 33.1. The minimum absolute atomic E-state index is 0.00567. The molecule has 0 aliphatic carbocycles. The largest absolute Gasteiger partial charge is 0.492 e. The number of methoxy groups -OCH3 is 1. The first kappa shape index (κ1) is 32.2. The summed E-state index contributed by atoms with van der Waals surface area (Å²) in [4.78, 5) is 23.8. The third-order valence-electron chi connectivity index (χ3n) is 7.88. The Balaban J connectivity index is 1.51. The molecule has 1 aliphatic heterocycles. The number of hydrogen-bond donors (Lipinski definition) is 2. The first-order valence-electron chi connectivity index (χ1n) is 15.0. The van der Waals surface area contributed by atoms with Gasteiger partial charge in [-0.3, -0.25) is 14.9 Å². The molecule has 1 fully saturated rings. The molecular formula is C34H34F2N6O4S. The highest BCUT2D eigenvalue weighted by molar-refractivity contribution is 7.18. The number of hydrogen-bond acceptors (Lipinski definition) is 9. The van der Waals surface area contributed by atoms with Crippen LogP contribution in [0.1, 0.15) is 18.7 Å². The van der Waals surface area contributed by atoms with Crippen molar-refractivity contribution >= 4 is 27.3 Å². The molecule has 0 bridgehead atoms. The van der Waals surface area contributed by atoms with Crippen molar-refractivity contribution in [3.63, 3.8) is 0 Å². The average Bonchev–Trinajstić information content (AvgIpc) is 3.73. The number of carbonyl (C=O) groups excluding carboxylic acids is 1. The number of nitrogens with one attached hydrogen (secondary N) is 2. The maximum atomic E-state index is 15.9. The van der Waals surface area contributed by atoms with E-state index in [1.54, 1.807) is 25.4 Å². The Hall–Kier alpha value is -4.72. The van der Waals surface area contributed by atoms with E-state index in [1.165, 1.54) is 24.5 Å². The number of aromatic nitrogens is 4.